The normalized spacial score (nSPS) is 17.7. The highest BCUT2D eigenvalue weighted by Gasteiger charge is 2.23. The molecule has 1 atom stereocenters. The third kappa shape index (κ3) is 4.32. The van der Waals surface area contributed by atoms with E-state index >= 15 is 0 Å². The molecule has 0 saturated carbocycles. The molecule has 0 spiro atoms. The van der Waals surface area contributed by atoms with Crippen LogP contribution in [0.25, 0.3) is 0 Å². The van der Waals surface area contributed by atoms with Crippen LogP contribution < -0.4 is 5.73 Å². The van der Waals surface area contributed by atoms with Crippen LogP contribution in [-0.4, -0.2) is 36.6 Å². The van der Waals surface area contributed by atoms with Crippen molar-refractivity contribution in [1.29, 1.82) is 0 Å². The smallest absolute Gasteiger partial charge is 0.239 e. The topological polar surface area (TPSA) is 55.6 Å². The third-order valence-electron chi connectivity index (χ3n) is 3.74. The molecule has 0 aromatic heterocycles. The van der Waals surface area contributed by atoms with Crippen LogP contribution in [0.5, 0.6) is 0 Å². The van der Waals surface area contributed by atoms with Gasteiger partial charge in [0.25, 0.3) is 0 Å². The molecule has 0 bridgehead atoms. The number of amides is 1. The monoisotopic (exact) mass is 276 g/mol. The van der Waals surface area contributed by atoms with Gasteiger partial charge in [-0.15, -0.1) is 0 Å². The van der Waals surface area contributed by atoms with Crippen molar-refractivity contribution < 1.29 is 9.53 Å². The Morgan fingerprint density at radius 2 is 2.00 bits per heavy atom. The number of rotatable bonds is 5. The van der Waals surface area contributed by atoms with Crippen LogP contribution in [0.15, 0.2) is 30.3 Å². The van der Waals surface area contributed by atoms with Crippen molar-refractivity contribution in [2.75, 3.05) is 19.8 Å². The Morgan fingerprint density at radius 3 is 2.60 bits per heavy atom. The Balaban J connectivity index is 2.02. The van der Waals surface area contributed by atoms with Gasteiger partial charge in [-0.05, 0) is 31.2 Å². The van der Waals surface area contributed by atoms with Crippen LogP contribution in [0, 0.1) is 5.92 Å². The standard InChI is InChI=1S/C16H24N2O2/c1-13(17)16(19)18(11-14-5-3-2-4-6-14)12-15-7-9-20-10-8-15/h2-6,13,15H,7-12,17H2,1H3/t13-/m0/s1. The van der Waals surface area contributed by atoms with Crippen LogP contribution in [0.2, 0.25) is 0 Å². The second-order valence-electron chi connectivity index (χ2n) is 5.55. The molecule has 4 nitrogen and oxygen atoms in total. The number of ether oxygens (including phenoxy) is 1. The average Bonchev–Trinajstić information content (AvgIpc) is 2.48. The van der Waals surface area contributed by atoms with Crippen LogP contribution in [-0.2, 0) is 16.1 Å². The highest BCUT2D eigenvalue weighted by molar-refractivity contribution is 5.81. The summed E-state index contributed by atoms with van der Waals surface area (Å²) in [6, 6.07) is 9.63. The van der Waals surface area contributed by atoms with E-state index in [-0.39, 0.29) is 5.91 Å². The van der Waals surface area contributed by atoms with Gasteiger partial charge in [-0.25, -0.2) is 0 Å². The molecule has 1 aliphatic rings. The van der Waals surface area contributed by atoms with Gasteiger partial charge in [0.1, 0.15) is 0 Å². The van der Waals surface area contributed by atoms with E-state index in [1.807, 2.05) is 35.2 Å². The summed E-state index contributed by atoms with van der Waals surface area (Å²) in [4.78, 5) is 14.2. The number of carbonyl (C=O) groups is 1. The fraction of sp³-hybridized carbons (Fsp3) is 0.562. The van der Waals surface area contributed by atoms with Crippen molar-refractivity contribution in [2.45, 2.75) is 32.4 Å². The Labute approximate surface area is 120 Å². The Morgan fingerprint density at radius 1 is 1.35 bits per heavy atom. The Bertz CT molecular complexity index is 414. The summed E-state index contributed by atoms with van der Waals surface area (Å²) in [5.74, 6) is 0.551. The molecule has 1 saturated heterocycles. The lowest BCUT2D eigenvalue weighted by Crippen LogP contribution is -2.44. The summed E-state index contributed by atoms with van der Waals surface area (Å²) in [6.07, 6.45) is 2.05. The molecule has 1 aliphatic heterocycles. The quantitative estimate of drug-likeness (QED) is 0.892. The molecule has 1 heterocycles. The second-order valence-corrected chi connectivity index (χ2v) is 5.55. The van der Waals surface area contributed by atoms with E-state index in [2.05, 4.69) is 0 Å². The maximum Gasteiger partial charge on any atom is 0.239 e. The van der Waals surface area contributed by atoms with Gasteiger partial charge in [-0.1, -0.05) is 30.3 Å². The fourth-order valence-electron chi connectivity index (χ4n) is 2.56. The Kier molecular flexibility index (Phi) is 5.56. The molecular weight excluding hydrogens is 252 g/mol. The lowest BCUT2D eigenvalue weighted by atomic mass is 9.99. The molecule has 2 N–H and O–H groups in total. The molecule has 110 valence electrons. The molecule has 2 rings (SSSR count). The van der Waals surface area contributed by atoms with Crippen LogP contribution >= 0.6 is 0 Å². The number of benzene rings is 1. The molecule has 0 unspecified atom stereocenters. The molecule has 1 amide bonds. The number of nitrogens with zero attached hydrogens (tertiary/aromatic N) is 1. The van der Waals surface area contributed by atoms with E-state index in [1.165, 1.54) is 0 Å². The number of nitrogens with two attached hydrogens (primary N) is 1. The zero-order chi connectivity index (χ0) is 14.4. The minimum atomic E-state index is -0.446. The summed E-state index contributed by atoms with van der Waals surface area (Å²) in [7, 11) is 0. The molecule has 0 aliphatic carbocycles. The van der Waals surface area contributed by atoms with Crippen molar-refractivity contribution in [3.63, 3.8) is 0 Å². The molecule has 0 radical (unpaired) electrons. The van der Waals surface area contributed by atoms with Gasteiger partial charge >= 0.3 is 0 Å². The maximum atomic E-state index is 12.3. The largest absolute Gasteiger partial charge is 0.381 e. The predicted octanol–water partition coefficient (Wildman–Crippen LogP) is 1.79. The van der Waals surface area contributed by atoms with E-state index < -0.39 is 6.04 Å². The number of carbonyl (C=O) groups excluding carboxylic acids is 1. The molecule has 1 aromatic rings. The average molecular weight is 276 g/mol. The predicted molar refractivity (Wildman–Crippen MR) is 79.1 cm³/mol. The van der Waals surface area contributed by atoms with Gasteiger partial charge < -0.3 is 15.4 Å². The summed E-state index contributed by atoms with van der Waals surface area (Å²) in [5.41, 5.74) is 6.93. The van der Waals surface area contributed by atoms with E-state index in [1.54, 1.807) is 6.92 Å². The number of hydrogen-bond donors (Lipinski definition) is 1. The van der Waals surface area contributed by atoms with Gasteiger partial charge in [0.15, 0.2) is 0 Å². The van der Waals surface area contributed by atoms with Crippen LogP contribution in [0.3, 0.4) is 0 Å². The van der Waals surface area contributed by atoms with Crippen molar-refractivity contribution >= 4 is 5.91 Å². The molecule has 1 aromatic carbocycles. The first-order valence-electron chi connectivity index (χ1n) is 7.33. The van der Waals surface area contributed by atoms with E-state index in [0.717, 1.165) is 38.2 Å². The minimum absolute atomic E-state index is 0.0281. The fourth-order valence-corrected chi connectivity index (χ4v) is 2.56. The van der Waals surface area contributed by atoms with E-state index in [0.29, 0.717) is 12.5 Å². The molecule has 4 heteroatoms. The molecule has 1 fully saturated rings. The highest BCUT2D eigenvalue weighted by Crippen LogP contribution is 2.18. The molecule has 20 heavy (non-hydrogen) atoms. The van der Waals surface area contributed by atoms with Gasteiger partial charge in [-0.3, -0.25) is 4.79 Å². The summed E-state index contributed by atoms with van der Waals surface area (Å²) >= 11 is 0. The van der Waals surface area contributed by atoms with Gasteiger partial charge in [0.05, 0.1) is 6.04 Å². The van der Waals surface area contributed by atoms with Crippen LogP contribution in [0.1, 0.15) is 25.3 Å². The van der Waals surface area contributed by atoms with Gasteiger partial charge in [-0.2, -0.15) is 0 Å². The number of hydrogen-bond acceptors (Lipinski definition) is 3. The highest BCUT2D eigenvalue weighted by atomic mass is 16.5. The second kappa shape index (κ2) is 7.41. The first-order chi connectivity index (χ1) is 9.66. The summed E-state index contributed by atoms with van der Waals surface area (Å²) in [6.45, 7) is 4.77. The third-order valence-corrected chi connectivity index (χ3v) is 3.74. The summed E-state index contributed by atoms with van der Waals surface area (Å²) < 4.78 is 5.38. The zero-order valence-corrected chi connectivity index (χ0v) is 12.1. The maximum absolute atomic E-state index is 12.3. The van der Waals surface area contributed by atoms with E-state index in [4.69, 9.17) is 10.5 Å². The van der Waals surface area contributed by atoms with Crippen molar-refractivity contribution in [1.82, 2.24) is 4.90 Å². The SMILES string of the molecule is C[C@H](N)C(=O)N(Cc1ccccc1)CC1CCOCC1. The minimum Gasteiger partial charge on any atom is -0.381 e. The van der Waals surface area contributed by atoms with Gasteiger partial charge in [0, 0.05) is 26.3 Å². The van der Waals surface area contributed by atoms with Crippen molar-refractivity contribution in [3.8, 4) is 0 Å². The van der Waals surface area contributed by atoms with Crippen molar-refractivity contribution in [3.05, 3.63) is 35.9 Å². The van der Waals surface area contributed by atoms with Crippen molar-refractivity contribution in [2.24, 2.45) is 11.7 Å². The Hall–Kier alpha value is -1.39. The lowest BCUT2D eigenvalue weighted by molar-refractivity contribution is -0.134. The zero-order valence-electron chi connectivity index (χ0n) is 12.1. The first kappa shape index (κ1) is 15.0. The summed E-state index contributed by atoms with van der Waals surface area (Å²) in [5, 5.41) is 0. The van der Waals surface area contributed by atoms with Crippen LogP contribution in [0.4, 0.5) is 0 Å². The molecular formula is C16H24N2O2. The van der Waals surface area contributed by atoms with E-state index in [9.17, 15) is 4.79 Å². The lowest BCUT2D eigenvalue weighted by Gasteiger charge is -2.31. The van der Waals surface area contributed by atoms with Gasteiger partial charge in [0.2, 0.25) is 5.91 Å². The first-order valence-corrected chi connectivity index (χ1v) is 7.33.